The highest BCUT2D eigenvalue weighted by molar-refractivity contribution is 7.17. The molecule has 1 amide bonds. The first-order chi connectivity index (χ1) is 16.0. The summed E-state index contributed by atoms with van der Waals surface area (Å²) in [6, 6.07) is 7.63. The van der Waals surface area contributed by atoms with E-state index in [1.165, 1.54) is 4.88 Å². The van der Waals surface area contributed by atoms with Crippen LogP contribution in [0.15, 0.2) is 24.3 Å². The zero-order chi connectivity index (χ0) is 23.4. The highest BCUT2D eigenvalue weighted by Gasteiger charge is 2.29. The molecule has 1 aliphatic carbocycles. The molecule has 33 heavy (non-hydrogen) atoms. The van der Waals surface area contributed by atoms with Gasteiger partial charge < -0.3 is 10.1 Å². The second-order valence-electron chi connectivity index (χ2n) is 8.96. The number of rotatable bonds is 7. The Morgan fingerprint density at radius 1 is 1.09 bits per heavy atom. The van der Waals surface area contributed by atoms with Gasteiger partial charge in [-0.15, -0.1) is 11.3 Å². The fraction of sp³-hybridized carbons (Fsp3) is 0.500. The van der Waals surface area contributed by atoms with Crippen LogP contribution in [0.3, 0.4) is 0 Å². The van der Waals surface area contributed by atoms with Crippen molar-refractivity contribution in [2.24, 2.45) is 5.92 Å². The van der Waals surface area contributed by atoms with Gasteiger partial charge in [0.15, 0.2) is 5.78 Å². The molecule has 1 aromatic carbocycles. The number of esters is 1. The van der Waals surface area contributed by atoms with Crippen LogP contribution in [0.25, 0.3) is 0 Å². The highest BCUT2D eigenvalue weighted by Crippen LogP contribution is 2.39. The molecule has 2 aliphatic rings. The first-order valence-corrected chi connectivity index (χ1v) is 12.7. The summed E-state index contributed by atoms with van der Waals surface area (Å²) in [6.45, 7) is 5.85. The SMILES string of the molecule is CCOC(=O)C1CCN(CC(=O)Nc2sc3c(c2C(=O)c2ccc(C)cc2)CCCC3)CC1. The number of ketones is 1. The molecule has 176 valence electrons. The Morgan fingerprint density at radius 3 is 2.48 bits per heavy atom. The molecule has 4 rings (SSSR count). The Bertz CT molecular complexity index is 1020. The molecule has 1 saturated heterocycles. The number of nitrogens with one attached hydrogen (secondary N) is 1. The second kappa shape index (κ2) is 10.6. The second-order valence-corrected chi connectivity index (χ2v) is 10.1. The summed E-state index contributed by atoms with van der Waals surface area (Å²) in [4.78, 5) is 41.6. The van der Waals surface area contributed by atoms with Gasteiger partial charge in [-0.1, -0.05) is 29.8 Å². The smallest absolute Gasteiger partial charge is 0.309 e. The van der Waals surface area contributed by atoms with Gasteiger partial charge in [0.1, 0.15) is 5.00 Å². The lowest BCUT2D eigenvalue weighted by Crippen LogP contribution is -2.41. The molecule has 1 aliphatic heterocycles. The molecular weight excluding hydrogens is 436 g/mol. The first-order valence-electron chi connectivity index (χ1n) is 11.9. The normalized spacial score (nSPS) is 16.8. The molecule has 0 atom stereocenters. The number of carbonyl (C=O) groups is 3. The van der Waals surface area contributed by atoms with Crippen LogP contribution in [0.2, 0.25) is 0 Å². The maximum Gasteiger partial charge on any atom is 0.309 e. The lowest BCUT2D eigenvalue weighted by Gasteiger charge is -2.30. The summed E-state index contributed by atoms with van der Waals surface area (Å²) in [5.41, 5.74) is 3.55. The van der Waals surface area contributed by atoms with E-state index in [0.29, 0.717) is 48.7 Å². The first kappa shape index (κ1) is 23.6. The largest absolute Gasteiger partial charge is 0.466 e. The van der Waals surface area contributed by atoms with Crippen molar-refractivity contribution in [2.75, 3.05) is 31.6 Å². The lowest BCUT2D eigenvalue weighted by molar-refractivity contribution is -0.149. The monoisotopic (exact) mass is 468 g/mol. The molecule has 0 saturated carbocycles. The van der Waals surface area contributed by atoms with Gasteiger partial charge in [0.05, 0.1) is 24.6 Å². The average molecular weight is 469 g/mol. The van der Waals surface area contributed by atoms with Crippen LogP contribution in [0.5, 0.6) is 0 Å². The van der Waals surface area contributed by atoms with E-state index < -0.39 is 0 Å². The van der Waals surface area contributed by atoms with Gasteiger partial charge in [-0.05, 0) is 71.0 Å². The number of likely N-dealkylation sites (tertiary alicyclic amines) is 1. The number of fused-ring (bicyclic) bond motifs is 1. The van der Waals surface area contributed by atoms with Crippen LogP contribution in [-0.4, -0.2) is 48.8 Å². The minimum absolute atomic E-state index is 0.0139. The Morgan fingerprint density at radius 2 is 1.79 bits per heavy atom. The number of thiophene rings is 1. The van der Waals surface area contributed by atoms with Crippen LogP contribution in [0.4, 0.5) is 5.00 Å². The minimum Gasteiger partial charge on any atom is -0.466 e. The van der Waals surface area contributed by atoms with Gasteiger partial charge >= 0.3 is 5.97 Å². The van der Waals surface area contributed by atoms with Gasteiger partial charge in [0.25, 0.3) is 0 Å². The summed E-state index contributed by atoms with van der Waals surface area (Å²) in [5.74, 6) is -0.335. The van der Waals surface area contributed by atoms with Gasteiger partial charge in [0.2, 0.25) is 5.91 Å². The lowest BCUT2D eigenvalue weighted by atomic mass is 9.91. The van der Waals surface area contributed by atoms with Crippen molar-refractivity contribution < 1.29 is 19.1 Å². The zero-order valence-corrected chi connectivity index (χ0v) is 20.3. The fourth-order valence-electron chi connectivity index (χ4n) is 4.70. The summed E-state index contributed by atoms with van der Waals surface area (Å²) >= 11 is 1.56. The Balaban J connectivity index is 1.45. The van der Waals surface area contributed by atoms with E-state index in [9.17, 15) is 14.4 Å². The number of piperidine rings is 1. The quantitative estimate of drug-likeness (QED) is 0.482. The van der Waals surface area contributed by atoms with Crippen molar-refractivity contribution in [3.8, 4) is 0 Å². The number of carbonyl (C=O) groups excluding carboxylic acids is 3. The molecule has 1 fully saturated rings. The fourth-order valence-corrected chi connectivity index (χ4v) is 6.00. The van der Waals surface area contributed by atoms with Crippen molar-refractivity contribution in [3.05, 3.63) is 51.4 Å². The number of anilines is 1. The van der Waals surface area contributed by atoms with E-state index in [2.05, 4.69) is 10.2 Å². The van der Waals surface area contributed by atoms with E-state index >= 15 is 0 Å². The Labute approximate surface area is 199 Å². The number of ether oxygens (including phenoxy) is 1. The summed E-state index contributed by atoms with van der Waals surface area (Å²) in [6.07, 6.45) is 5.45. The molecule has 0 unspecified atom stereocenters. The predicted octanol–water partition coefficient (Wildman–Crippen LogP) is 4.38. The molecule has 2 aromatic rings. The minimum atomic E-state index is -0.134. The van der Waals surface area contributed by atoms with Crippen LogP contribution < -0.4 is 5.32 Å². The van der Waals surface area contributed by atoms with Crippen molar-refractivity contribution in [1.82, 2.24) is 4.90 Å². The summed E-state index contributed by atoms with van der Waals surface area (Å²) in [7, 11) is 0. The topological polar surface area (TPSA) is 75.7 Å². The van der Waals surface area contributed by atoms with Crippen molar-refractivity contribution in [1.29, 1.82) is 0 Å². The van der Waals surface area contributed by atoms with Crippen LogP contribution in [0.1, 0.15) is 64.5 Å². The third-order valence-electron chi connectivity index (χ3n) is 6.54. The number of hydrogen-bond donors (Lipinski definition) is 1. The molecule has 7 heteroatoms. The number of benzene rings is 1. The van der Waals surface area contributed by atoms with Crippen LogP contribution in [-0.2, 0) is 27.2 Å². The van der Waals surface area contributed by atoms with Gasteiger partial charge in [-0.2, -0.15) is 0 Å². The van der Waals surface area contributed by atoms with E-state index in [1.807, 2.05) is 38.1 Å². The molecule has 0 radical (unpaired) electrons. The van der Waals surface area contributed by atoms with E-state index in [1.54, 1.807) is 11.3 Å². The summed E-state index contributed by atoms with van der Waals surface area (Å²) in [5, 5.41) is 3.74. The predicted molar refractivity (Wildman–Crippen MR) is 130 cm³/mol. The maximum atomic E-state index is 13.4. The molecule has 1 N–H and O–H groups in total. The Hall–Kier alpha value is -2.51. The molecule has 0 bridgehead atoms. The molecule has 1 aromatic heterocycles. The van der Waals surface area contributed by atoms with Crippen molar-refractivity contribution in [3.63, 3.8) is 0 Å². The number of nitrogens with zero attached hydrogens (tertiary/aromatic N) is 1. The van der Waals surface area contributed by atoms with Gasteiger partial charge in [-0.3, -0.25) is 19.3 Å². The summed E-state index contributed by atoms with van der Waals surface area (Å²) < 4.78 is 5.13. The van der Waals surface area contributed by atoms with Gasteiger partial charge in [0, 0.05) is 10.4 Å². The maximum absolute atomic E-state index is 13.4. The number of amides is 1. The van der Waals surface area contributed by atoms with Gasteiger partial charge in [-0.25, -0.2) is 0 Å². The third kappa shape index (κ3) is 5.53. The molecular formula is C26H32N2O4S. The standard InChI is InChI=1S/C26H32N2O4S/c1-3-32-26(31)19-12-14-28(15-13-19)16-22(29)27-25-23(20-6-4-5-7-21(20)33-25)24(30)18-10-8-17(2)9-11-18/h8-11,19H,3-7,12-16H2,1-2H3,(H,27,29). The number of hydrogen-bond acceptors (Lipinski definition) is 6. The van der Waals surface area contributed by atoms with Crippen LogP contribution >= 0.6 is 11.3 Å². The van der Waals surface area contributed by atoms with Crippen LogP contribution in [0, 0.1) is 12.8 Å². The highest BCUT2D eigenvalue weighted by atomic mass is 32.1. The van der Waals surface area contributed by atoms with E-state index in [-0.39, 0.29) is 30.1 Å². The number of aryl methyl sites for hydroxylation is 2. The molecule has 0 spiro atoms. The third-order valence-corrected chi connectivity index (χ3v) is 7.75. The van der Waals surface area contributed by atoms with Crippen molar-refractivity contribution in [2.45, 2.75) is 52.4 Å². The average Bonchev–Trinajstić information content (AvgIpc) is 3.17. The van der Waals surface area contributed by atoms with Crippen molar-refractivity contribution >= 4 is 34.0 Å². The molecule has 2 heterocycles. The van der Waals surface area contributed by atoms with E-state index in [4.69, 9.17) is 4.74 Å². The molecule has 6 nitrogen and oxygen atoms in total. The Kier molecular flexibility index (Phi) is 7.60. The zero-order valence-electron chi connectivity index (χ0n) is 19.4. The van der Waals surface area contributed by atoms with E-state index in [0.717, 1.165) is 36.8 Å².